The highest BCUT2D eigenvalue weighted by Gasteiger charge is 2.12. The van der Waals surface area contributed by atoms with E-state index in [2.05, 4.69) is 44.9 Å². The topological polar surface area (TPSA) is 24.9 Å². The van der Waals surface area contributed by atoms with Crippen molar-refractivity contribution in [1.29, 1.82) is 0 Å². The van der Waals surface area contributed by atoms with Gasteiger partial charge in [0.2, 0.25) is 0 Å². The molecule has 0 aliphatic rings. The Bertz CT molecular complexity index is 291. The van der Waals surface area contributed by atoms with E-state index >= 15 is 0 Å². The Hall–Kier alpha value is -0.410. The molecule has 1 aromatic heterocycles. The molecule has 2 nitrogen and oxygen atoms in total. The second-order valence-corrected chi connectivity index (χ2v) is 5.61. The first-order valence-electron chi connectivity index (χ1n) is 5.18. The number of aryl methyl sites for hydroxylation is 2. The lowest BCUT2D eigenvalue weighted by Crippen LogP contribution is -2.23. The van der Waals surface area contributed by atoms with Crippen LogP contribution in [0.4, 0.5) is 0 Å². The first kappa shape index (κ1) is 11.7. The van der Waals surface area contributed by atoms with Crippen molar-refractivity contribution in [3.05, 3.63) is 15.6 Å². The third-order valence-corrected chi connectivity index (χ3v) is 3.08. The van der Waals surface area contributed by atoms with Crippen LogP contribution in [0.3, 0.4) is 0 Å². The summed E-state index contributed by atoms with van der Waals surface area (Å²) in [6.07, 6.45) is 0. The number of rotatable bonds is 4. The van der Waals surface area contributed by atoms with E-state index in [4.69, 9.17) is 0 Å². The predicted octanol–water partition coefficient (Wildman–Crippen LogP) is 3.07. The summed E-state index contributed by atoms with van der Waals surface area (Å²) in [5.74, 6) is 0.692. The van der Waals surface area contributed by atoms with E-state index in [0.717, 1.165) is 11.6 Å². The Morgan fingerprint density at radius 2 is 1.93 bits per heavy atom. The minimum atomic E-state index is 0.377. The molecule has 0 radical (unpaired) electrons. The lowest BCUT2D eigenvalue weighted by atomic mass is 10.1. The molecule has 0 saturated heterocycles. The Morgan fingerprint density at radius 1 is 1.29 bits per heavy atom. The molecule has 1 N–H and O–H groups in total. The van der Waals surface area contributed by atoms with Gasteiger partial charge in [-0.3, -0.25) is 0 Å². The van der Waals surface area contributed by atoms with Gasteiger partial charge in [-0.2, -0.15) is 0 Å². The molecule has 1 rings (SSSR count). The normalized spacial score (nSPS) is 13.6. The fourth-order valence-electron chi connectivity index (χ4n) is 1.46. The summed E-state index contributed by atoms with van der Waals surface area (Å²) in [5, 5.41) is 4.66. The first-order valence-corrected chi connectivity index (χ1v) is 5.99. The smallest absolute Gasteiger partial charge is 0.0900 e. The maximum Gasteiger partial charge on any atom is 0.0900 e. The summed E-state index contributed by atoms with van der Waals surface area (Å²) >= 11 is 1.78. The number of aromatic nitrogens is 1. The van der Waals surface area contributed by atoms with Crippen LogP contribution in [0, 0.1) is 19.8 Å². The largest absolute Gasteiger partial charge is 0.309 e. The Labute approximate surface area is 90.8 Å². The van der Waals surface area contributed by atoms with E-state index in [9.17, 15) is 0 Å². The zero-order chi connectivity index (χ0) is 10.7. The molecule has 0 amide bonds. The standard InChI is InChI=1S/C11H20N2S/c1-7(2)6-12-8(3)11-9(4)14-10(5)13-11/h7-8,12H,6H2,1-5H3. The fraction of sp³-hybridized carbons (Fsp3) is 0.727. The third-order valence-electron chi connectivity index (χ3n) is 2.18. The molecule has 0 spiro atoms. The molecule has 1 aromatic rings. The lowest BCUT2D eigenvalue weighted by Gasteiger charge is -2.14. The van der Waals surface area contributed by atoms with Crippen LogP contribution in [0.5, 0.6) is 0 Å². The summed E-state index contributed by atoms with van der Waals surface area (Å²) in [6, 6.07) is 0.377. The van der Waals surface area contributed by atoms with Crippen molar-refractivity contribution in [2.24, 2.45) is 5.92 Å². The third kappa shape index (κ3) is 3.07. The molecule has 1 heterocycles. The van der Waals surface area contributed by atoms with Gasteiger partial charge in [0.15, 0.2) is 0 Å². The zero-order valence-corrected chi connectivity index (χ0v) is 10.5. The van der Waals surface area contributed by atoms with Gasteiger partial charge >= 0.3 is 0 Å². The number of hydrogen-bond acceptors (Lipinski definition) is 3. The van der Waals surface area contributed by atoms with E-state index in [1.165, 1.54) is 10.6 Å². The van der Waals surface area contributed by atoms with Crippen LogP contribution in [0.1, 0.15) is 42.4 Å². The zero-order valence-electron chi connectivity index (χ0n) is 9.72. The molecule has 0 saturated carbocycles. The van der Waals surface area contributed by atoms with Gasteiger partial charge in [-0.05, 0) is 33.2 Å². The van der Waals surface area contributed by atoms with Gasteiger partial charge in [-0.1, -0.05) is 13.8 Å². The van der Waals surface area contributed by atoms with E-state index in [1.54, 1.807) is 11.3 Å². The van der Waals surface area contributed by atoms with Crippen LogP contribution in [0.15, 0.2) is 0 Å². The molecular weight excluding hydrogens is 192 g/mol. The molecule has 0 aromatic carbocycles. The number of hydrogen-bond donors (Lipinski definition) is 1. The molecule has 0 aliphatic heterocycles. The van der Waals surface area contributed by atoms with Crippen molar-refractivity contribution >= 4 is 11.3 Å². The van der Waals surface area contributed by atoms with Gasteiger partial charge < -0.3 is 5.32 Å². The highest BCUT2D eigenvalue weighted by molar-refractivity contribution is 7.11. The first-order chi connectivity index (χ1) is 6.50. The van der Waals surface area contributed by atoms with Gasteiger partial charge in [0, 0.05) is 10.9 Å². The van der Waals surface area contributed by atoms with Gasteiger partial charge in [-0.15, -0.1) is 11.3 Å². The molecule has 14 heavy (non-hydrogen) atoms. The van der Waals surface area contributed by atoms with E-state index in [0.29, 0.717) is 12.0 Å². The van der Waals surface area contributed by atoms with E-state index in [-0.39, 0.29) is 0 Å². The van der Waals surface area contributed by atoms with Crippen molar-refractivity contribution in [3.63, 3.8) is 0 Å². The quantitative estimate of drug-likeness (QED) is 0.829. The SMILES string of the molecule is Cc1nc(C(C)NCC(C)C)c(C)s1. The highest BCUT2D eigenvalue weighted by Crippen LogP contribution is 2.22. The maximum atomic E-state index is 4.54. The molecular formula is C11H20N2S. The van der Waals surface area contributed by atoms with Crippen molar-refractivity contribution < 1.29 is 0 Å². The molecule has 0 bridgehead atoms. The van der Waals surface area contributed by atoms with Crippen LogP contribution in [-0.4, -0.2) is 11.5 Å². The summed E-state index contributed by atoms with van der Waals surface area (Å²) in [6.45, 7) is 11.9. The minimum Gasteiger partial charge on any atom is -0.309 e. The summed E-state index contributed by atoms with van der Waals surface area (Å²) in [7, 11) is 0. The minimum absolute atomic E-state index is 0.377. The van der Waals surface area contributed by atoms with Gasteiger partial charge in [0.1, 0.15) is 0 Å². The summed E-state index contributed by atoms with van der Waals surface area (Å²) in [4.78, 5) is 5.88. The average molecular weight is 212 g/mol. The van der Waals surface area contributed by atoms with Crippen LogP contribution in [-0.2, 0) is 0 Å². The second kappa shape index (κ2) is 4.89. The number of nitrogens with zero attached hydrogens (tertiary/aromatic N) is 1. The number of thiazole rings is 1. The van der Waals surface area contributed by atoms with Crippen LogP contribution >= 0.6 is 11.3 Å². The monoisotopic (exact) mass is 212 g/mol. The van der Waals surface area contributed by atoms with Crippen molar-refractivity contribution in [1.82, 2.24) is 10.3 Å². The van der Waals surface area contributed by atoms with Gasteiger partial charge in [0.25, 0.3) is 0 Å². The van der Waals surface area contributed by atoms with E-state index < -0.39 is 0 Å². The molecule has 3 heteroatoms. The van der Waals surface area contributed by atoms with E-state index in [1.807, 2.05) is 0 Å². The highest BCUT2D eigenvalue weighted by atomic mass is 32.1. The Balaban J connectivity index is 2.60. The van der Waals surface area contributed by atoms with Gasteiger partial charge in [-0.25, -0.2) is 4.98 Å². The number of nitrogens with one attached hydrogen (secondary N) is 1. The lowest BCUT2D eigenvalue weighted by molar-refractivity contribution is 0.489. The summed E-state index contributed by atoms with van der Waals surface area (Å²) in [5.41, 5.74) is 1.22. The molecule has 80 valence electrons. The Morgan fingerprint density at radius 3 is 2.36 bits per heavy atom. The van der Waals surface area contributed by atoms with Crippen molar-refractivity contribution in [3.8, 4) is 0 Å². The fourth-order valence-corrected chi connectivity index (χ4v) is 2.37. The van der Waals surface area contributed by atoms with Gasteiger partial charge in [0.05, 0.1) is 10.7 Å². The molecule has 1 unspecified atom stereocenters. The molecule has 0 fully saturated rings. The van der Waals surface area contributed by atoms with Crippen LogP contribution < -0.4 is 5.32 Å². The van der Waals surface area contributed by atoms with Crippen LogP contribution in [0.2, 0.25) is 0 Å². The second-order valence-electron chi connectivity index (χ2n) is 4.20. The van der Waals surface area contributed by atoms with Crippen LogP contribution in [0.25, 0.3) is 0 Å². The summed E-state index contributed by atoms with van der Waals surface area (Å²) < 4.78 is 0. The molecule has 0 aliphatic carbocycles. The average Bonchev–Trinajstić information content (AvgIpc) is 2.41. The molecule has 1 atom stereocenters. The maximum absolute atomic E-state index is 4.54. The Kier molecular flexibility index (Phi) is 4.08. The predicted molar refractivity (Wildman–Crippen MR) is 62.8 cm³/mol. The van der Waals surface area contributed by atoms with Crippen molar-refractivity contribution in [2.75, 3.05) is 6.54 Å². The van der Waals surface area contributed by atoms with Crippen molar-refractivity contribution in [2.45, 2.75) is 40.7 Å².